The molecule has 5 nitrogen and oxygen atoms in total. The van der Waals surface area contributed by atoms with Crippen molar-refractivity contribution in [2.75, 3.05) is 16.4 Å². The Morgan fingerprint density at radius 1 is 0.909 bits per heavy atom. The first kappa shape index (κ1) is 22.8. The van der Waals surface area contributed by atoms with Crippen molar-refractivity contribution in [3.05, 3.63) is 83.9 Å². The highest BCUT2D eigenvalue weighted by Crippen LogP contribution is 2.32. The summed E-state index contributed by atoms with van der Waals surface area (Å²) in [7, 11) is 0. The zero-order valence-electron chi connectivity index (χ0n) is 16.8. The second kappa shape index (κ2) is 9.63. The molecule has 10 heteroatoms. The Hall–Kier alpha value is -3.37. The summed E-state index contributed by atoms with van der Waals surface area (Å²) in [6.07, 6.45) is -4.48. The fourth-order valence-electron chi connectivity index (χ4n) is 2.93. The summed E-state index contributed by atoms with van der Waals surface area (Å²) < 4.78 is 39.9. The Morgan fingerprint density at radius 3 is 2.42 bits per heavy atom. The molecule has 0 spiro atoms. The molecule has 0 saturated carbocycles. The van der Waals surface area contributed by atoms with Gasteiger partial charge >= 0.3 is 6.18 Å². The second-order valence-corrected chi connectivity index (χ2v) is 9.15. The van der Waals surface area contributed by atoms with Gasteiger partial charge in [-0.3, -0.25) is 9.59 Å². The highest BCUT2D eigenvalue weighted by Gasteiger charge is 2.30. The third kappa shape index (κ3) is 5.91. The number of thiazole rings is 1. The molecule has 168 valence electrons. The molecule has 0 aliphatic heterocycles. The van der Waals surface area contributed by atoms with Gasteiger partial charge in [0.15, 0.2) is 4.34 Å². The van der Waals surface area contributed by atoms with Gasteiger partial charge in [0.25, 0.3) is 5.91 Å². The normalized spacial score (nSPS) is 11.4. The topological polar surface area (TPSA) is 71.1 Å². The van der Waals surface area contributed by atoms with Gasteiger partial charge in [-0.2, -0.15) is 13.2 Å². The van der Waals surface area contributed by atoms with Crippen LogP contribution in [-0.2, 0) is 11.0 Å². The molecule has 1 aromatic heterocycles. The third-order valence-electron chi connectivity index (χ3n) is 4.46. The van der Waals surface area contributed by atoms with Crippen molar-refractivity contribution in [2.24, 2.45) is 0 Å². The van der Waals surface area contributed by atoms with Gasteiger partial charge in [-0.25, -0.2) is 4.98 Å². The summed E-state index contributed by atoms with van der Waals surface area (Å²) in [5, 5.41) is 5.32. The zero-order chi connectivity index (χ0) is 23.4. The summed E-state index contributed by atoms with van der Waals surface area (Å²) in [4.78, 5) is 29.0. The number of thioether (sulfide) groups is 1. The van der Waals surface area contributed by atoms with Crippen LogP contribution in [0.3, 0.4) is 0 Å². The number of benzene rings is 3. The molecule has 33 heavy (non-hydrogen) atoms. The maximum absolute atomic E-state index is 12.8. The molecule has 0 radical (unpaired) electrons. The van der Waals surface area contributed by atoms with E-state index in [1.807, 2.05) is 6.07 Å². The van der Waals surface area contributed by atoms with Gasteiger partial charge in [-0.1, -0.05) is 36.0 Å². The maximum atomic E-state index is 12.8. The van der Waals surface area contributed by atoms with Crippen LogP contribution < -0.4 is 10.6 Å². The van der Waals surface area contributed by atoms with E-state index in [1.165, 1.54) is 35.2 Å². The van der Waals surface area contributed by atoms with E-state index in [0.29, 0.717) is 15.6 Å². The highest BCUT2D eigenvalue weighted by atomic mass is 32.2. The lowest BCUT2D eigenvalue weighted by Crippen LogP contribution is -2.14. The number of nitrogens with zero attached hydrogens (tertiary/aromatic N) is 1. The summed E-state index contributed by atoms with van der Waals surface area (Å²) in [5.41, 5.74) is 1.15. The maximum Gasteiger partial charge on any atom is 0.416 e. The van der Waals surface area contributed by atoms with Crippen molar-refractivity contribution < 1.29 is 22.8 Å². The number of alkyl halides is 3. The van der Waals surface area contributed by atoms with E-state index in [4.69, 9.17) is 0 Å². The molecule has 1 heterocycles. The number of aromatic nitrogens is 1. The Kier molecular flexibility index (Phi) is 6.66. The van der Waals surface area contributed by atoms with Gasteiger partial charge in [0.2, 0.25) is 5.91 Å². The number of carbonyl (C=O) groups is 2. The van der Waals surface area contributed by atoms with E-state index in [-0.39, 0.29) is 17.3 Å². The Labute approximate surface area is 195 Å². The molecule has 0 fully saturated rings. The van der Waals surface area contributed by atoms with Crippen LogP contribution in [-0.4, -0.2) is 22.6 Å². The fraction of sp³-hybridized carbons (Fsp3) is 0.0870. The second-order valence-electron chi connectivity index (χ2n) is 6.90. The first-order valence-corrected chi connectivity index (χ1v) is 11.4. The van der Waals surface area contributed by atoms with Gasteiger partial charge < -0.3 is 10.6 Å². The van der Waals surface area contributed by atoms with Crippen LogP contribution in [0.4, 0.5) is 24.5 Å². The lowest BCUT2D eigenvalue weighted by atomic mass is 10.2. The predicted molar refractivity (Wildman–Crippen MR) is 125 cm³/mol. The van der Waals surface area contributed by atoms with Gasteiger partial charge in [0.05, 0.1) is 21.5 Å². The molecule has 0 unspecified atom stereocenters. The summed E-state index contributed by atoms with van der Waals surface area (Å²) in [6.45, 7) is 0. The van der Waals surface area contributed by atoms with Crippen LogP contribution in [0.5, 0.6) is 0 Å². The first-order chi connectivity index (χ1) is 15.8. The molecule has 0 aliphatic carbocycles. The lowest BCUT2D eigenvalue weighted by Gasteiger charge is -2.09. The van der Waals surface area contributed by atoms with Gasteiger partial charge in [-0.15, -0.1) is 11.3 Å². The van der Waals surface area contributed by atoms with Crippen LogP contribution in [0.15, 0.2) is 77.1 Å². The molecule has 4 rings (SSSR count). The predicted octanol–water partition coefficient (Wildman–Crippen LogP) is 6.30. The van der Waals surface area contributed by atoms with Crippen LogP contribution >= 0.6 is 23.1 Å². The number of hydrogen-bond acceptors (Lipinski definition) is 5. The Morgan fingerprint density at radius 2 is 1.67 bits per heavy atom. The van der Waals surface area contributed by atoms with Gasteiger partial charge in [0.1, 0.15) is 0 Å². The van der Waals surface area contributed by atoms with Crippen LogP contribution in [0.25, 0.3) is 10.2 Å². The summed E-state index contributed by atoms with van der Waals surface area (Å²) >= 11 is 2.55. The number of anilines is 2. The highest BCUT2D eigenvalue weighted by molar-refractivity contribution is 8.01. The molecule has 2 amide bonds. The number of nitrogens with one attached hydrogen (secondary N) is 2. The molecule has 3 aromatic carbocycles. The molecule has 2 N–H and O–H groups in total. The molecule has 0 saturated heterocycles. The molecular formula is C23H16F3N3O2S2. The van der Waals surface area contributed by atoms with E-state index < -0.39 is 17.6 Å². The van der Waals surface area contributed by atoms with Gasteiger partial charge in [-0.05, 0) is 48.5 Å². The minimum absolute atomic E-state index is 0.00628. The van der Waals surface area contributed by atoms with Crippen molar-refractivity contribution >= 4 is 56.5 Å². The molecule has 0 bridgehead atoms. The van der Waals surface area contributed by atoms with Crippen LogP contribution in [0, 0.1) is 0 Å². The van der Waals surface area contributed by atoms with Crippen molar-refractivity contribution in [1.29, 1.82) is 0 Å². The minimum atomic E-state index is -4.48. The third-order valence-corrected chi connectivity index (χ3v) is 6.62. The van der Waals surface area contributed by atoms with Gasteiger partial charge in [0, 0.05) is 16.9 Å². The van der Waals surface area contributed by atoms with E-state index >= 15 is 0 Å². The number of rotatable bonds is 6. The van der Waals surface area contributed by atoms with Crippen molar-refractivity contribution in [3.63, 3.8) is 0 Å². The standard InChI is InChI=1S/C23H16F3N3O2S2/c24-23(25,26)15-7-4-8-16(11-15)27-20(30)13-32-22-29-18-10-9-17(12-19(18)33-22)28-21(31)14-5-2-1-3-6-14/h1-12H,13H2,(H,27,30)(H,28,31). The zero-order valence-corrected chi connectivity index (χ0v) is 18.5. The number of hydrogen-bond donors (Lipinski definition) is 2. The Balaban J connectivity index is 1.37. The number of amides is 2. The minimum Gasteiger partial charge on any atom is -0.325 e. The smallest absolute Gasteiger partial charge is 0.325 e. The Bertz CT molecular complexity index is 1310. The molecule has 0 aliphatic rings. The largest absolute Gasteiger partial charge is 0.416 e. The van der Waals surface area contributed by atoms with Crippen molar-refractivity contribution in [1.82, 2.24) is 4.98 Å². The SMILES string of the molecule is O=C(CSc1nc2ccc(NC(=O)c3ccccc3)cc2s1)Nc1cccc(C(F)(F)F)c1. The quantitative estimate of drug-likeness (QED) is 0.313. The average molecular weight is 488 g/mol. The summed E-state index contributed by atoms with van der Waals surface area (Å²) in [5.74, 6) is -0.664. The number of carbonyl (C=O) groups excluding carboxylic acids is 2. The lowest BCUT2D eigenvalue weighted by molar-refractivity contribution is -0.137. The monoisotopic (exact) mass is 487 g/mol. The number of fused-ring (bicyclic) bond motifs is 1. The van der Waals surface area contributed by atoms with E-state index in [9.17, 15) is 22.8 Å². The van der Waals surface area contributed by atoms with Crippen LogP contribution in [0.1, 0.15) is 15.9 Å². The molecular weight excluding hydrogens is 471 g/mol. The number of halogens is 3. The molecule has 4 aromatic rings. The fourth-order valence-corrected chi connectivity index (χ4v) is 4.84. The van der Waals surface area contributed by atoms with E-state index in [0.717, 1.165) is 22.3 Å². The van der Waals surface area contributed by atoms with Crippen molar-refractivity contribution in [3.8, 4) is 0 Å². The van der Waals surface area contributed by atoms with Crippen molar-refractivity contribution in [2.45, 2.75) is 10.5 Å². The average Bonchev–Trinajstić information content (AvgIpc) is 3.20. The summed E-state index contributed by atoms with van der Waals surface area (Å²) in [6, 6.07) is 18.7. The van der Waals surface area contributed by atoms with E-state index in [1.54, 1.807) is 42.5 Å². The molecule has 0 atom stereocenters. The van der Waals surface area contributed by atoms with Crippen LogP contribution in [0.2, 0.25) is 0 Å². The first-order valence-electron chi connectivity index (χ1n) is 9.65. The van der Waals surface area contributed by atoms with E-state index in [2.05, 4.69) is 15.6 Å².